The number of aromatic nitrogens is 1. The summed E-state index contributed by atoms with van der Waals surface area (Å²) in [4.78, 5) is 133. The number of rotatable bonds is 16. The number of carbonyl (C=O) groups is 9. The fourth-order valence-electron chi connectivity index (χ4n) is 7.77. The van der Waals surface area contributed by atoms with Gasteiger partial charge in [0.15, 0.2) is 11.9 Å². The Hall–Kier alpha value is -8.25. The Morgan fingerprint density at radius 2 is 1.29 bits per heavy atom. The minimum absolute atomic E-state index is 0.0282. The number of hydrogen-bond acceptors (Lipinski definition) is 11. The summed E-state index contributed by atoms with van der Waals surface area (Å²) < 4.78 is 0. The van der Waals surface area contributed by atoms with Gasteiger partial charge in [0, 0.05) is 56.5 Å². The van der Waals surface area contributed by atoms with Gasteiger partial charge in [-0.15, -0.1) is 0 Å². The smallest absolute Gasteiger partial charge is 0.243 e. The minimum atomic E-state index is -1.51. The first-order chi connectivity index (χ1) is 35.7. The van der Waals surface area contributed by atoms with Crippen molar-refractivity contribution in [3.63, 3.8) is 0 Å². The molecule has 0 bridgehead atoms. The van der Waals surface area contributed by atoms with Crippen LogP contribution in [0.1, 0.15) is 90.2 Å². The first-order valence-electron chi connectivity index (χ1n) is 25.0. The molecular formula is C50H76N16O9. The number of fused-ring (bicyclic) bond motifs is 1. The predicted molar refractivity (Wildman–Crippen MR) is 283 cm³/mol. The van der Waals surface area contributed by atoms with Crippen LogP contribution in [0.15, 0.2) is 70.8 Å². The van der Waals surface area contributed by atoms with Crippen LogP contribution in [-0.2, 0) is 56.0 Å². The van der Waals surface area contributed by atoms with Crippen molar-refractivity contribution in [2.45, 2.75) is 128 Å². The van der Waals surface area contributed by atoms with Crippen LogP contribution in [0.3, 0.4) is 0 Å². The number of H-pyrrole nitrogens is 1. The Morgan fingerprint density at radius 3 is 1.92 bits per heavy atom. The van der Waals surface area contributed by atoms with E-state index in [0.717, 1.165) is 23.9 Å². The van der Waals surface area contributed by atoms with E-state index in [1.54, 1.807) is 50.4 Å². The lowest BCUT2D eigenvalue weighted by Gasteiger charge is -2.28. The number of guanidine groups is 2. The number of aromatic amines is 1. The molecule has 3 aromatic rings. The highest BCUT2D eigenvalue weighted by Gasteiger charge is 2.34. The fourth-order valence-corrected chi connectivity index (χ4v) is 7.77. The number of benzene rings is 2. The quantitative estimate of drug-likeness (QED) is 0.0418. The molecule has 410 valence electrons. The van der Waals surface area contributed by atoms with Gasteiger partial charge >= 0.3 is 0 Å². The molecule has 0 saturated carbocycles. The van der Waals surface area contributed by atoms with Gasteiger partial charge in [0.25, 0.3) is 0 Å². The van der Waals surface area contributed by atoms with Crippen LogP contribution in [-0.4, -0.2) is 132 Å². The third-order valence-corrected chi connectivity index (χ3v) is 11.5. The van der Waals surface area contributed by atoms with E-state index in [4.69, 9.17) is 28.7 Å². The van der Waals surface area contributed by atoms with E-state index in [0.29, 0.717) is 17.5 Å². The summed E-state index contributed by atoms with van der Waals surface area (Å²) in [6, 6.07) is 8.15. The van der Waals surface area contributed by atoms with Crippen LogP contribution in [0.5, 0.6) is 0 Å². The monoisotopic (exact) mass is 1040 g/mol. The highest BCUT2D eigenvalue weighted by Crippen LogP contribution is 2.20. The number of nitrogens with two attached hydrogens (primary N) is 5. The zero-order valence-corrected chi connectivity index (χ0v) is 43.2. The number of para-hydroxylation sites is 1. The molecule has 0 aliphatic carbocycles. The third kappa shape index (κ3) is 23.0. The van der Waals surface area contributed by atoms with Gasteiger partial charge in [0.2, 0.25) is 53.2 Å². The molecule has 0 radical (unpaired) electrons. The lowest BCUT2D eigenvalue weighted by Crippen LogP contribution is -2.60. The van der Waals surface area contributed by atoms with E-state index >= 15 is 0 Å². The van der Waals surface area contributed by atoms with E-state index in [-0.39, 0.29) is 75.9 Å². The second-order valence-corrected chi connectivity index (χ2v) is 18.4. The average molecular weight is 1050 g/mol. The lowest BCUT2D eigenvalue weighted by atomic mass is 10.00. The van der Waals surface area contributed by atoms with Gasteiger partial charge in [-0.05, 0) is 68.1 Å². The maximum atomic E-state index is 14.5. The summed E-state index contributed by atoms with van der Waals surface area (Å²) in [5.74, 6) is -6.93. The summed E-state index contributed by atoms with van der Waals surface area (Å²) in [5, 5.41) is 21.9. The number of amides is 9. The lowest BCUT2D eigenvalue weighted by molar-refractivity contribution is -0.136. The van der Waals surface area contributed by atoms with Crippen LogP contribution in [0.4, 0.5) is 0 Å². The fraction of sp³-hybridized carbons (Fsp3) is 0.500. The highest BCUT2D eigenvalue weighted by molar-refractivity contribution is 5.98. The largest absolute Gasteiger partial charge is 0.370 e. The number of nitrogens with one attached hydrogen (secondary N) is 9. The van der Waals surface area contributed by atoms with Crippen LogP contribution in [0.25, 0.3) is 10.9 Å². The van der Waals surface area contributed by atoms with Gasteiger partial charge in [-0.3, -0.25) is 53.1 Å². The van der Waals surface area contributed by atoms with Gasteiger partial charge in [-0.25, -0.2) is 0 Å². The minimum Gasteiger partial charge on any atom is -0.370 e. The van der Waals surface area contributed by atoms with Crippen molar-refractivity contribution in [3.05, 3.63) is 71.9 Å². The molecule has 4 unspecified atom stereocenters. The maximum absolute atomic E-state index is 14.5. The number of primary amides is 1. The van der Waals surface area contributed by atoms with Crippen molar-refractivity contribution >= 4 is 76.0 Å². The molecule has 6 atom stereocenters. The Kier molecular flexibility index (Phi) is 26.1. The molecule has 2 aromatic carbocycles. The number of hydrogen-bond donors (Lipinski definition) is 14. The molecule has 25 nitrogen and oxygen atoms in total. The molecule has 1 aromatic heterocycles. The second-order valence-electron chi connectivity index (χ2n) is 18.4. The van der Waals surface area contributed by atoms with Crippen molar-refractivity contribution in [1.82, 2.24) is 47.5 Å². The first kappa shape index (κ1) is 61.1. The van der Waals surface area contributed by atoms with E-state index in [1.807, 2.05) is 31.2 Å². The van der Waals surface area contributed by atoms with Crippen LogP contribution in [0.2, 0.25) is 0 Å². The molecule has 19 N–H and O–H groups in total. The molecule has 0 spiro atoms. The van der Waals surface area contributed by atoms with Gasteiger partial charge < -0.3 is 76.2 Å². The Labute approximate surface area is 436 Å². The molecule has 1 aliphatic rings. The summed E-state index contributed by atoms with van der Waals surface area (Å²) >= 11 is 0. The molecule has 4 rings (SSSR count). The van der Waals surface area contributed by atoms with Crippen LogP contribution < -0.4 is 71.2 Å². The van der Waals surface area contributed by atoms with Crippen molar-refractivity contribution in [2.75, 3.05) is 26.2 Å². The zero-order valence-electron chi connectivity index (χ0n) is 43.2. The van der Waals surface area contributed by atoms with Crippen molar-refractivity contribution in [2.24, 2.45) is 44.6 Å². The van der Waals surface area contributed by atoms with Crippen molar-refractivity contribution in [3.8, 4) is 0 Å². The van der Waals surface area contributed by atoms with E-state index < -0.39 is 102 Å². The SMILES string of the molecule is CC(=O)NCC(=O)NC1CC(=O)NCCCCC(C(N)=O)NC(=O)[C@H](Cc2c[nH]c3ccccc23)NC(=O)[C@H](CCCN=C(N)N)NC(=O)C(Cc2ccccc2)NC(=O)C(CC(C)C)NC1=O.CCCN=C(N)N. The van der Waals surface area contributed by atoms with Gasteiger partial charge in [0.1, 0.15) is 36.3 Å². The molecule has 2 heterocycles. The van der Waals surface area contributed by atoms with Gasteiger partial charge in [0.05, 0.1) is 13.0 Å². The van der Waals surface area contributed by atoms with Crippen LogP contribution >= 0.6 is 0 Å². The van der Waals surface area contributed by atoms with E-state index in [2.05, 4.69) is 57.5 Å². The van der Waals surface area contributed by atoms with Gasteiger partial charge in [-0.1, -0.05) is 69.3 Å². The molecule has 1 fully saturated rings. The number of aliphatic imine (C=N–C) groups is 2. The summed E-state index contributed by atoms with van der Waals surface area (Å²) in [6.45, 7) is 7.22. The first-order valence-corrected chi connectivity index (χ1v) is 25.0. The number of nitrogens with zero attached hydrogens (tertiary/aromatic N) is 2. The Morgan fingerprint density at radius 1 is 0.707 bits per heavy atom. The average Bonchev–Trinajstić information content (AvgIpc) is 3.76. The van der Waals surface area contributed by atoms with Crippen molar-refractivity contribution in [1.29, 1.82) is 0 Å². The summed E-state index contributed by atoms with van der Waals surface area (Å²) in [7, 11) is 0. The Bertz CT molecular complexity index is 2450. The topological polar surface area (TPSA) is 420 Å². The Balaban J connectivity index is 0.00000197. The van der Waals surface area contributed by atoms with Crippen molar-refractivity contribution < 1.29 is 43.2 Å². The van der Waals surface area contributed by atoms with E-state index in [9.17, 15) is 43.2 Å². The summed E-state index contributed by atoms with van der Waals surface area (Å²) in [6.07, 6.45) is 2.90. The molecular weight excluding hydrogens is 969 g/mol. The summed E-state index contributed by atoms with van der Waals surface area (Å²) in [5.41, 5.74) is 29.0. The maximum Gasteiger partial charge on any atom is 0.243 e. The predicted octanol–water partition coefficient (Wildman–Crippen LogP) is -2.06. The highest BCUT2D eigenvalue weighted by atomic mass is 16.2. The van der Waals surface area contributed by atoms with Gasteiger partial charge in [-0.2, -0.15) is 0 Å². The second kappa shape index (κ2) is 32.0. The molecule has 25 heteroatoms. The third-order valence-electron chi connectivity index (χ3n) is 11.5. The standard InChI is InChI=1S/C46H65N13O9.C4H11N3/c1-26(2)20-34-42(65)58-35(21-28-12-5-4-6-13-28)43(66)56-33(17-11-19-51-46(48)49)41(64)59-36(22-29-24-53-31-15-8-7-14-30(29)31)44(67)55-32(40(47)63)16-9-10-18-50-38(61)23-37(45(68)57-34)54-39(62)25-52-27(3)60;1-2-3-7-4(5)6/h4-8,12-15,24,26,32-37,53H,9-11,16-23,25H2,1-3H3,(H2,47,63)(H,50,61)(H,52,60)(H,54,62)(H,55,67)(H,56,66)(H,57,68)(H,58,65)(H,59,64)(H4,48,49,51);2-3H2,1H3,(H4,5,6,7)/t32?,33-,34?,35?,36-,37?;/m0./s1. The normalized spacial score (nSPS) is 20.5. The molecule has 75 heavy (non-hydrogen) atoms. The number of carbonyl (C=O) groups excluding carboxylic acids is 9. The molecule has 1 saturated heterocycles. The van der Waals surface area contributed by atoms with Crippen LogP contribution in [0, 0.1) is 5.92 Å². The molecule has 1 aliphatic heterocycles. The molecule has 9 amide bonds. The van der Waals surface area contributed by atoms with E-state index in [1.165, 1.54) is 6.92 Å². The zero-order chi connectivity index (χ0) is 55.5.